The lowest BCUT2D eigenvalue weighted by Crippen LogP contribution is -2.33. The smallest absolute Gasteiger partial charge is 0.330 e. The van der Waals surface area contributed by atoms with E-state index in [9.17, 15) is 18.5 Å². The minimum absolute atomic E-state index is 0.112. The second kappa shape index (κ2) is 5.84. The molecule has 0 aliphatic carbocycles. The van der Waals surface area contributed by atoms with Crippen molar-refractivity contribution in [3.05, 3.63) is 32.6 Å². The Morgan fingerprint density at radius 2 is 2.29 bits per heavy atom. The Morgan fingerprint density at radius 1 is 1.62 bits per heavy atom. The number of aromatic amines is 1. The van der Waals surface area contributed by atoms with Gasteiger partial charge in [-0.2, -0.15) is 0 Å². The van der Waals surface area contributed by atoms with Gasteiger partial charge in [0.15, 0.2) is 0 Å². The van der Waals surface area contributed by atoms with Crippen LogP contribution in [0.1, 0.15) is 18.2 Å². The number of nitrogens with zero attached hydrogens (tertiary/aromatic N) is 1. The van der Waals surface area contributed by atoms with Crippen molar-refractivity contribution in [1.29, 1.82) is 0 Å². The molecule has 10 heteroatoms. The molecule has 1 aliphatic rings. The third-order valence-electron chi connectivity index (χ3n) is 3.10. The van der Waals surface area contributed by atoms with Gasteiger partial charge in [0.05, 0.1) is 6.61 Å². The highest BCUT2D eigenvalue weighted by Gasteiger charge is 2.38. The maximum absolute atomic E-state index is 13.8. The van der Waals surface area contributed by atoms with Gasteiger partial charge in [0.2, 0.25) is 0 Å². The number of halogens is 1. The molecule has 0 radical (unpaired) electrons. The number of hydrogen-bond donors (Lipinski definition) is 2. The molecule has 0 aromatic carbocycles. The summed E-state index contributed by atoms with van der Waals surface area (Å²) in [7, 11) is -3.72. The number of ether oxygens (including phenoxy) is 1. The molecule has 2 rings (SSSR count). The molecule has 1 fully saturated rings. The van der Waals surface area contributed by atoms with Gasteiger partial charge in [-0.05, 0) is 6.92 Å². The fourth-order valence-corrected chi connectivity index (χ4v) is 2.45. The number of aromatic nitrogens is 2. The van der Waals surface area contributed by atoms with E-state index < -0.39 is 37.3 Å². The maximum atomic E-state index is 13.8. The van der Waals surface area contributed by atoms with Crippen LogP contribution in [0.3, 0.4) is 0 Å². The summed E-state index contributed by atoms with van der Waals surface area (Å²) in [4.78, 5) is 34.1. The molecule has 1 saturated heterocycles. The summed E-state index contributed by atoms with van der Waals surface area (Å²) in [5.41, 5.74) is -0.924. The van der Waals surface area contributed by atoms with Gasteiger partial charge in [-0.1, -0.05) is 0 Å². The normalized spacial score (nSPS) is 28.5. The predicted molar refractivity (Wildman–Crippen MR) is 71.2 cm³/mol. The number of hydrogen-bond acceptors (Lipinski definition) is 5. The minimum atomic E-state index is -3.72. The van der Waals surface area contributed by atoms with E-state index in [-0.39, 0.29) is 13.0 Å². The molecule has 1 aromatic rings. The first-order chi connectivity index (χ1) is 9.67. The molecule has 1 aromatic heterocycles. The first-order valence-corrected chi connectivity index (χ1v) is 8.26. The summed E-state index contributed by atoms with van der Waals surface area (Å²) < 4.78 is 35.9. The Kier molecular flexibility index (Phi) is 4.48. The number of alkyl halides is 1. The Bertz CT molecular complexity index is 680. The minimum Gasteiger partial charge on any atom is -0.349 e. The van der Waals surface area contributed by atoms with E-state index in [2.05, 4.69) is 9.51 Å². The number of aryl methyl sites for hydroxylation is 1. The van der Waals surface area contributed by atoms with E-state index >= 15 is 0 Å². The average molecular weight is 322 g/mol. The topological polar surface area (TPSA) is 111 Å². The SMILES string of the molecule is Cc1cn(C2CC(F)C(COP(C)(=O)O)O2)c(=O)[nH]c1=O. The van der Waals surface area contributed by atoms with Crippen molar-refractivity contribution in [1.82, 2.24) is 9.55 Å². The zero-order valence-corrected chi connectivity index (χ0v) is 12.4. The molecule has 4 atom stereocenters. The summed E-state index contributed by atoms with van der Waals surface area (Å²) in [6.45, 7) is 2.11. The molecule has 2 heterocycles. The van der Waals surface area contributed by atoms with Gasteiger partial charge in [0.25, 0.3) is 5.56 Å². The Morgan fingerprint density at radius 3 is 2.90 bits per heavy atom. The standard InChI is InChI=1S/C11H16FN2O6P/c1-6-4-14(11(16)13-10(6)15)9-3-7(12)8(20-9)5-19-21(2,17)18/h4,7-9H,3,5H2,1-2H3,(H,17,18)(H,13,15,16). The third kappa shape index (κ3) is 3.88. The molecule has 0 bridgehead atoms. The molecular formula is C11H16FN2O6P. The van der Waals surface area contributed by atoms with Gasteiger partial charge in [-0.15, -0.1) is 0 Å². The maximum Gasteiger partial charge on any atom is 0.330 e. The molecule has 1 aliphatic heterocycles. The van der Waals surface area contributed by atoms with Crippen LogP contribution in [-0.2, 0) is 13.8 Å². The lowest BCUT2D eigenvalue weighted by atomic mass is 10.2. The van der Waals surface area contributed by atoms with E-state index in [1.165, 1.54) is 13.1 Å². The molecule has 0 spiro atoms. The van der Waals surface area contributed by atoms with Gasteiger partial charge in [-0.25, -0.2) is 9.18 Å². The Balaban J connectivity index is 2.14. The van der Waals surface area contributed by atoms with Crippen molar-refractivity contribution in [3.8, 4) is 0 Å². The van der Waals surface area contributed by atoms with Crippen LogP contribution in [-0.4, -0.2) is 40.0 Å². The van der Waals surface area contributed by atoms with E-state index in [4.69, 9.17) is 9.63 Å². The van der Waals surface area contributed by atoms with Crippen LogP contribution >= 0.6 is 7.60 Å². The molecule has 2 N–H and O–H groups in total. The lowest BCUT2D eigenvalue weighted by Gasteiger charge is -2.16. The van der Waals surface area contributed by atoms with Crippen molar-refractivity contribution in [3.63, 3.8) is 0 Å². The van der Waals surface area contributed by atoms with Crippen molar-refractivity contribution in [2.45, 2.75) is 31.8 Å². The number of H-pyrrole nitrogens is 1. The van der Waals surface area contributed by atoms with Crippen LogP contribution in [0, 0.1) is 6.92 Å². The van der Waals surface area contributed by atoms with Crippen molar-refractivity contribution < 1.29 is 23.1 Å². The lowest BCUT2D eigenvalue weighted by molar-refractivity contribution is -0.0320. The molecule has 8 nitrogen and oxygen atoms in total. The van der Waals surface area contributed by atoms with Crippen LogP contribution in [0.2, 0.25) is 0 Å². The Hall–Kier alpha value is -1.28. The predicted octanol–water partition coefficient (Wildman–Crippen LogP) is 0.302. The van der Waals surface area contributed by atoms with E-state index in [0.717, 1.165) is 11.2 Å². The van der Waals surface area contributed by atoms with Gasteiger partial charge in [0, 0.05) is 24.8 Å². The zero-order valence-electron chi connectivity index (χ0n) is 11.5. The molecule has 0 saturated carbocycles. The van der Waals surface area contributed by atoms with Crippen LogP contribution in [0.15, 0.2) is 15.8 Å². The van der Waals surface area contributed by atoms with E-state index in [0.29, 0.717) is 5.56 Å². The molecule has 0 amide bonds. The fraction of sp³-hybridized carbons (Fsp3) is 0.636. The van der Waals surface area contributed by atoms with Crippen LogP contribution in [0.4, 0.5) is 4.39 Å². The molecule has 4 unspecified atom stereocenters. The first kappa shape index (κ1) is 16.1. The average Bonchev–Trinajstić information content (AvgIpc) is 2.72. The highest BCUT2D eigenvalue weighted by molar-refractivity contribution is 7.51. The van der Waals surface area contributed by atoms with Gasteiger partial charge >= 0.3 is 13.3 Å². The fourth-order valence-electron chi connectivity index (χ4n) is 2.02. The largest absolute Gasteiger partial charge is 0.349 e. The summed E-state index contributed by atoms with van der Waals surface area (Å²) in [6.07, 6.45) is -2.21. The van der Waals surface area contributed by atoms with E-state index in [1.54, 1.807) is 0 Å². The van der Waals surface area contributed by atoms with Crippen LogP contribution in [0.25, 0.3) is 0 Å². The number of rotatable bonds is 4. The quantitative estimate of drug-likeness (QED) is 0.772. The summed E-state index contributed by atoms with van der Waals surface area (Å²) >= 11 is 0. The van der Waals surface area contributed by atoms with Gasteiger partial charge < -0.3 is 14.2 Å². The second-order valence-electron chi connectivity index (χ2n) is 4.96. The monoisotopic (exact) mass is 322 g/mol. The first-order valence-electron chi connectivity index (χ1n) is 6.24. The van der Waals surface area contributed by atoms with Gasteiger partial charge in [-0.3, -0.25) is 18.9 Å². The summed E-state index contributed by atoms with van der Waals surface area (Å²) in [5.74, 6) is 0. The molecular weight excluding hydrogens is 306 g/mol. The van der Waals surface area contributed by atoms with Crippen LogP contribution < -0.4 is 11.2 Å². The van der Waals surface area contributed by atoms with Gasteiger partial charge in [0.1, 0.15) is 18.5 Å². The molecule has 118 valence electrons. The zero-order chi connectivity index (χ0) is 15.8. The summed E-state index contributed by atoms with van der Waals surface area (Å²) in [5, 5.41) is 0. The Labute approximate surface area is 119 Å². The molecule has 21 heavy (non-hydrogen) atoms. The second-order valence-corrected chi connectivity index (χ2v) is 6.82. The highest BCUT2D eigenvalue weighted by Crippen LogP contribution is 2.39. The van der Waals surface area contributed by atoms with E-state index in [1.807, 2.05) is 0 Å². The summed E-state index contributed by atoms with van der Waals surface area (Å²) in [6, 6.07) is 0. The third-order valence-corrected chi connectivity index (χ3v) is 3.72. The van der Waals surface area contributed by atoms with Crippen molar-refractivity contribution >= 4 is 7.60 Å². The van der Waals surface area contributed by atoms with Crippen molar-refractivity contribution in [2.75, 3.05) is 13.3 Å². The van der Waals surface area contributed by atoms with Crippen LogP contribution in [0.5, 0.6) is 0 Å². The van der Waals surface area contributed by atoms with Crippen molar-refractivity contribution in [2.24, 2.45) is 0 Å². The highest BCUT2D eigenvalue weighted by atomic mass is 31.2. The number of nitrogens with one attached hydrogen (secondary N) is 1.